The van der Waals surface area contributed by atoms with Crippen molar-refractivity contribution in [2.45, 2.75) is 58.7 Å². The highest BCUT2D eigenvalue weighted by Gasteiger charge is 2.32. The van der Waals surface area contributed by atoms with Crippen LogP contribution in [0.15, 0.2) is 35.1 Å². The molecule has 172 valence electrons. The molecule has 1 atom stereocenters. The largest absolute Gasteiger partial charge is 0.346 e. The Hall–Kier alpha value is -2.12. The van der Waals surface area contributed by atoms with Crippen molar-refractivity contribution < 1.29 is 4.79 Å². The molecule has 2 heterocycles. The quantitative estimate of drug-likeness (QED) is 0.621. The van der Waals surface area contributed by atoms with E-state index in [0.29, 0.717) is 32.0 Å². The minimum Gasteiger partial charge on any atom is -0.335 e. The second kappa shape index (κ2) is 11.5. The van der Waals surface area contributed by atoms with Gasteiger partial charge in [-0.3, -0.25) is 9.36 Å². The normalized spacial score (nSPS) is 16.0. The molecule has 31 heavy (non-hydrogen) atoms. The van der Waals surface area contributed by atoms with Crippen LogP contribution in [0.25, 0.3) is 0 Å². The molecule has 0 fully saturated rings. The van der Waals surface area contributed by atoms with Crippen molar-refractivity contribution in [1.82, 2.24) is 24.1 Å². The van der Waals surface area contributed by atoms with Crippen LogP contribution in [-0.4, -0.2) is 57.2 Å². The zero-order valence-electron chi connectivity index (χ0n) is 19.2. The number of hydrogen-bond donors (Lipinski definition) is 0. The summed E-state index contributed by atoms with van der Waals surface area (Å²) in [7, 11) is 4.02. The minimum absolute atomic E-state index is 0. The second-order valence-corrected chi connectivity index (χ2v) is 8.96. The molecule has 1 amide bonds. The number of benzene rings is 1. The highest BCUT2D eigenvalue weighted by atomic mass is 35.5. The maximum absolute atomic E-state index is 13.7. The molecule has 1 aliphatic rings. The number of carbonyl (C=O) groups is 1. The van der Waals surface area contributed by atoms with Crippen molar-refractivity contribution in [2.24, 2.45) is 5.92 Å². The number of nitrogens with zero attached hydrogens (tertiary/aromatic N) is 5. The van der Waals surface area contributed by atoms with Gasteiger partial charge in [0, 0.05) is 32.6 Å². The van der Waals surface area contributed by atoms with Crippen LogP contribution in [0.4, 0.5) is 0 Å². The highest BCUT2D eigenvalue weighted by Crippen LogP contribution is 2.24. The smallest absolute Gasteiger partial charge is 0.335 e. The summed E-state index contributed by atoms with van der Waals surface area (Å²) in [5, 5.41) is 4.59. The van der Waals surface area contributed by atoms with Crippen LogP contribution in [-0.2, 0) is 24.3 Å². The molecular weight excluding hydrogens is 414 g/mol. The van der Waals surface area contributed by atoms with Crippen molar-refractivity contribution in [2.75, 3.05) is 27.2 Å². The van der Waals surface area contributed by atoms with E-state index in [9.17, 15) is 9.59 Å². The predicted octanol–water partition coefficient (Wildman–Crippen LogP) is 2.98. The summed E-state index contributed by atoms with van der Waals surface area (Å²) in [6.07, 6.45) is 3.32. The average molecular weight is 450 g/mol. The fourth-order valence-electron chi connectivity index (χ4n) is 4.00. The van der Waals surface area contributed by atoms with Crippen LogP contribution in [0.5, 0.6) is 0 Å². The third kappa shape index (κ3) is 6.43. The summed E-state index contributed by atoms with van der Waals surface area (Å²) < 4.78 is 3.23. The Bertz CT molecular complexity index is 891. The van der Waals surface area contributed by atoms with E-state index in [-0.39, 0.29) is 24.0 Å². The monoisotopic (exact) mass is 449 g/mol. The third-order valence-electron chi connectivity index (χ3n) is 5.55. The standard InChI is InChI=1S/C23H35N5O2.ClH/c1-18(2)16-27-23(30)28-20(12-8-9-13-21(28)24-27)22(29)26(15-14-25(3)4)17-19-10-6-5-7-11-19;/h5-7,10-11,18,20H,8-9,12-17H2,1-4H3;1H. The maximum Gasteiger partial charge on any atom is 0.346 e. The van der Waals surface area contributed by atoms with E-state index in [1.165, 1.54) is 0 Å². The molecule has 7 nitrogen and oxygen atoms in total. The molecule has 2 aromatic rings. The van der Waals surface area contributed by atoms with E-state index >= 15 is 0 Å². The lowest BCUT2D eigenvalue weighted by Gasteiger charge is -2.29. The molecule has 3 rings (SSSR count). The Morgan fingerprint density at radius 2 is 1.87 bits per heavy atom. The first-order valence-electron chi connectivity index (χ1n) is 11.0. The van der Waals surface area contributed by atoms with E-state index in [0.717, 1.165) is 37.2 Å². The minimum atomic E-state index is -0.471. The predicted molar refractivity (Wildman–Crippen MR) is 126 cm³/mol. The summed E-state index contributed by atoms with van der Waals surface area (Å²) in [6.45, 7) is 6.67. The molecule has 0 spiro atoms. The Labute approximate surface area is 191 Å². The van der Waals surface area contributed by atoms with E-state index in [1.807, 2.05) is 49.3 Å². The van der Waals surface area contributed by atoms with Gasteiger partial charge >= 0.3 is 5.69 Å². The van der Waals surface area contributed by atoms with Gasteiger partial charge in [0.05, 0.1) is 0 Å². The molecule has 0 saturated heterocycles. The molecule has 0 N–H and O–H groups in total. The average Bonchev–Trinajstić information content (AvgIpc) is 2.88. The SMILES string of the molecule is CC(C)Cn1nc2n(c1=O)C(C(=O)N(CCN(C)C)Cc1ccccc1)CCCC2.Cl. The van der Waals surface area contributed by atoms with Gasteiger partial charge in [0.15, 0.2) is 0 Å². The van der Waals surface area contributed by atoms with Crippen LogP contribution in [0.2, 0.25) is 0 Å². The molecule has 0 radical (unpaired) electrons. The van der Waals surface area contributed by atoms with Crippen molar-refractivity contribution in [3.8, 4) is 0 Å². The maximum atomic E-state index is 13.7. The Morgan fingerprint density at radius 3 is 2.52 bits per heavy atom. The van der Waals surface area contributed by atoms with Gasteiger partial charge in [-0.1, -0.05) is 50.6 Å². The first-order chi connectivity index (χ1) is 14.4. The Balaban J connectivity index is 0.00000341. The van der Waals surface area contributed by atoms with Gasteiger partial charge in [-0.2, -0.15) is 5.10 Å². The zero-order valence-corrected chi connectivity index (χ0v) is 20.0. The summed E-state index contributed by atoms with van der Waals surface area (Å²) in [5.74, 6) is 1.10. The zero-order chi connectivity index (χ0) is 21.7. The molecule has 8 heteroatoms. The van der Waals surface area contributed by atoms with Crippen LogP contribution in [0.1, 0.15) is 50.5 Å². The van der Waals surface area contributed by atoms with Crippen LogP contribution < -0.4 is 5.69 Å². The number of amides is 1. The molecule has 1 unspecified atom stereocenters. The number of aryl methyl sites for hydroxylation is 1. The van der Waals surface area contributed by atoms with E-state index in [2.05, 4.69) is 23.8 Å². The number of hydrogen-bond acceptors (Lipinski definition) is 4. The highest BCUT2D eigenvalue weighted by molar-refractivity contribution is 5.85. The van der Waals surface area contributed by atoms with E-state index < -0.39 is 6.04 Å². The lowest BCUT2D eigenvalue weighted by atomic mass is 10.1. The van der Waals surface area contributed by atoms with Gasteiger partial charge in [-0.15, -0.1) is 12.4 Å². The number of carbonyl (C=O) groups excluding carboxylic acids is 1. The molecule has 0 aliphatic carbocycles. The third-order valence-corrected chi connectivity index (χ3v) is 5.55. The van der Waals surface area contributed by atoms with E-state index in [4.69, 9.17) is 0 Å². The van der Waals surface area contributed by atoms with Gasteiger partial charge in [-0.05, 0) is 38.4 Å². The second-order valence-electron chi connectivity index (χ2n) is 8.96. The van der Waals surface area contributed by atoms with Crippen LogP contribution in [0, 0.1) is 5.92 Å². The van der Waals surface area contributed by atoms with Crippen LogP contribution in [0.3, 0.4) is 0 Å². The fraction of sp³-hybridized carbons (Fsp3) is 0.609. The lowest BCUT2D eigenvalue weighted by Crippen LogP contribution is -2.43. The topological polar surface area (TPSA) is 63.4 Å². The van der Waals surface area contributed by atoms with E-state index in [1.54, 1.807) is 9.25 Å². The molecule has 1 aromatic heterocycles. The first kappa shape index (κ1) is 25.1. The lowest BCUT2D eigenvalue weighted by molar-refractivity contribution is -0.136. The molecule has 1 aromatic carbocycles. The van der Waals surface area contributed by atoms with Crippen LogP contribution >= 0.6 is 12.4 Å². The molecule has 0 bridgehead atoms. The number of aromatic nitrogens is 3. The summed E-state index contributed by atoms with van der Waals surface area (Å²) in [6, 6.07) is 9.59. The molecular formula is C23H36ClN5O2. The summed E-state index contributed by atoms with van der Waals surface area (Å²) >= 11 is 0. The fourth-order valence-corrected chi connectivity index (χ4v) is 4.00. The number of likely N-dealkylation sites (N-methyl/N-ethyl adjacent to an activating group) is 1. The van der Waals surface area contributed by atoms with Crippen molar-refractivity contribution >= 4 is 18.3 Å². The van der Waals surface area contributed by atoms with Gasteiger partial charge in [0.1, 0.15) is 11.9 Å². The Morgan fingerprint density at radius 1 is 1.16 bits per heavy atom. The van der Waals surface area contributed by atoms with Gasteiger partial charge in [0.25, 0.3) is 0 Å². The summed E-state index contributed by atoms with van der Waals surface area (Å²) in [4.78, 5) is 30.9. The molecule has 1 aliphatic heterocycles. The Kier molecular flexibility index (Phi) is 9.32. The number of fused-ring (bicyclic) bond motifs is 1. The summed E-state index contributed by atoms with van der Waals surface area (Å²) in [5.41, 5.74) is 0.951. The van der Waals surface area contributed by atoms with Gasteiger partial charge < -0.3 is 9.80 Å². The van der Waals surface area contributed by atoms with Gasteiger partial charge in [0.2, 0.25) is 5.91 Å². The number of rotatable bonds is 8. The van der Waals surface area contributed by atoms with Gasteiger partial charge in [-0.25, -0.2) is 9.48 Å². The number of halogens is 1. The first-order valence-corrected chi connectivity index (χ1v) is 11.0. The van der Waals surface area contributed by atoms with Crippen molar-refractivity contribution in [3.63, 3.8) is 0 Å². The van der Waals surface area contributed by atoms with Crippen molar-refractivity contribution in [3.05, 3.63) is 52.2 Å². The molecule has 0 saturated carbocycles. The van der Waals surface area contributed by atoms with Crippen molar-refractivity contribution in [1.29, 1.82) is 0 Å².